The molecule has 16 heavy (non-hydrogen) atoms. The van der Waals surface area contributed by atoms with Crippen LogP contribution in [0.3, 0.4) is 0 Å². The van der Waals surface area contributed by atoms with Crippen LogP contribution in [0.1, 0.15) is 6.92 Å². The molecule has 0 saturated carbocycles. The van der Waals surface area contributed by atoms with Gasteiger partial charge in [0.05, 0.1) is 0 Å². The van der Waals surface area contributed by atoms with Gasteiger partial charge in [-0.15, -0.1) is 0 Å². The molecule has 0 radical (unpaired) electrons. The van der Waals surface area contributed by atoms with Gasteiger partial charge in [-0.3, -0.25) is 0 Å². The maximum atomic E-state index is 11.5. The van der Waals surface area contributed by atoms with E-state index in [0.717, 1.165) is 4.90 Å². The lowest BCUT2D eigenvalue weighted by molar-refractivity contribution is 0.208. The summed E-state index contributed by atoms with van der Waals surface area (Å²) in [7, 11) is 1.37. The number of carbonyl (C=O) groups is 2. The number of rotatable bonds is 1. The molecule has 0 aliphatic carbocycles. The Bertz CT molecular complexity index is 401. The van der Waals surface area contributed by atoms with Gasteiger partial charge < -0.3 is 5.32 Å². The summed E-state index contributed by atoms with van der Waals surface area (Å²) < 4.78 is 0. The molecular weight excluding hydrogens is 206 g/mol. The first-order valence-electron chi connectivity index (χ1n) is 4.77. The van der Waals surface area contributed by atoms with Crippen molar-refractivity contribution in [3.05, 3.63) is 30.3 Å². The third-order valence-electron chi connectivity index (χ3n) is 1.86. The van der Waals surface area contributed by atoms with Gasteiger partial charge in [-0.25, -0.2) is 19.5 Å². The largest absolute Gasteiger partial charge is 0.351 e. The molecule has 0 unspecified atom stereocenters. The number of nitrogens with one attached hydrogen (secondary N) is 1. The average molecular weight is 219 g/mol. The van der Waals surface area contributed by atoms with Crippen molar-refractivity contribution >= 4 is 24.0 Å². The molecule has 5 heteroatoms. The monoisotopic (exact) mass is 219 g/mol. The predicted molar refractivity (Wildman–Crippen MR) is 62.8 cm³/mol. The van der Waals surface area contributed by atoms with Crippen molar-refractivity contribution in [2.75, 3.05) is 12.4 Å². The van der Waals surface area contributed by atoms with Crippen molar-refractivity contribution in [1.29, 1.82) is 0 Å². The molecule has 0 atom stereocenters. The standard InChI is InChI=1S/C11H13N3O2/c1-3-12-10(15)14(2)11(16)13-9-7-5-4-6-8-9/h3-8H,1-2H3,(H,13,16). The number of anilines is 1. The third-order valence-corrected chi connectivity index (χ3v) is 1.86. The zero-order valence-electron chi connectivity index (χ0n) is 9.18. The van der Waals surface area contributed by atoms with Crippen LogP contribution in [0.15, 0.2) is 35.3 Å². The zero-order chi connectivity index (χ0) is 12.0. The molecule has 5 nitrogen and oxygen atoms in total. The van der Waals surface area contributed by atoms with E-state index in [1.165, 1.54) is 13.3 Å². The number of para-hydroxylation sites is 1. The van der Waals surface area contributed by atoms with E-state index in [1.807, 2.05) is 6.07 Å². The Morgan fingerprint density at radius 2 is 1.94 bits per heavy atom. The molecule has 0 spiro atoms. The highest BCUT2D eigenvalue weighted by Gasteiger charge is 2.14. The quantitative estimate of drug-likeness (QED) is 0.737. The summed E-state index contributed by atoms with van der Waals surface area (Å²) in [5.41, 5.74) is 0.632. The second kappa shape index (κ2) is 5.65. The van der Waals surface area contributed by atoms with Gasteiger partial charge >= 0.3 is 12.1 Å². The molecule has 4 amide bonds. The van der Waals surface area contributed by atoms with Crippen LogP contribution in [0, 0.1) is 0 Å². The maximum absolute atomic E-state index is 11.5. The van der Waals surface area contributed by atoms with Crippen LogP contribution >= 0.6 is 0 Å². The molecule has 0 aliphatic rings. The molecular formula is C11H13N3O2. The lowest BCUT2D eigenvalue weighted by Crippen LogP contribution is -2.34. The van der Waals surface area contributed by atoms with Gasteiger partial charge in [-0.1, -0.05) is 18.2 Å². The summed E-state index contributed by atoms with van der Waals surface area (Å²) in [6.45, 7) is 1.61. The zero-order valence-corrected chi connectivity index (χ0v) is 9.18. The highest BCUT2D eigenvalue weighted by molar-refractivity contribution is 6.02. The normalized spacial score (nSPS) is 10.1. The van der Waals surface area contributed by atoms with E-state index in [1.54, 1.807) is 31.2 Å². The van der Waals surface area contributed by atoms with E-state index >= 15 is 0 Å². The van der Waals surface area contributed by atoms with Gasteiger partial charge in [0.2, 0.25) is 0 Å². The topological polar surface area (TPSA) is 61.8 Å². The van der Waals surface area contributed by atoms with Crippen LogP contribution in [-0.2, 0) is 0 Å². The fourth-order valence-corrected chi connectivity index (χ4v) is 1.01. The molecule has 1 aromatic carbocycles. The summed E-state index contributed by atoms with van der Waals surface area (Å²) in [6.07, 6.45) is 1.34. The fraction of sp³-hybridized carbons (Fsp3) is 0.182. The van der Waals surface area contributed by atoms with Gasteiger partial charge in [0, 0.05) is 18.9 Å². The highest BCUT2D eigenvalue weighted by Crippen LogP contribution is 2.06. The highest BCUT2D eigenvalue weighted by atomic mass is 16.2. The summed E-state index contributed by atoms with van der Waals surface area (Å²) in [5.74, 6) is 0. The lowest BCUT2D eigenvalue weighted by Gasteiger charge is -2.13. The van der Waals surface area contributed by atoms with Gasteiger partial charge in [0.25, 0.3) is 0 Å². The molecule has 0 aliphatic heterocycles. The second-order valence-electron chi connectivity index (χ2n) is 3.03. The Morgan fingerprint density at radius 1 is 1.31 bits per heavy atom. The van der Waals surface area contributed by atoms with E-state index in [0.29, 0.717) is 5.69 Å². The van der Waals surface area contributed by atoms with Gasteiger partial charge in [-0.2, -0.15) is 0 Å². The number of urea groups is 2. The number of aliphatic imine (C=N–C) groups is 1. The Kier molecular flexibility index (Phi) is 4.20. The van der Waals surface area contributed by atoms with E-state index in [-0.39, 0.29) is 0 Å². The summed E-state index contributed by atoms with van der Waals surface area (Å²) in [5, 5.41) is 2.57. The van der Waals surface area contributed by atoms with Crippen LogP contribution in [0.5, 0.6) is 0 Å². The minimum atomic E-state index is -0.601. The number of imide groups is 1. The molecule has 0 heterocycles. The third kappa shape index (κ3) is 3.20. The summed E-state index contributed by atoms with van der Waals surface area (Å²) >= 11 is 0. The van der Waals surface area contributed by atoms with Gasteiger partial charge in [-0.05, 0) is 19.1 Å². The van der Waals surface area contributed by atoms with Crippen molar-refractivity contribution in [2.24, 2.45) is 4.99 Å². The van der Waals surface area contributed by atoms with Crippen LogP contribution in [0.4, 0.5) is 15.3 Å². The molecule has 0 bridgehead atoms. The minimum Gasteiger partial charge on any atom is -0.307 e. The molecule has 1 rings (SSSR count). The van der Waals surface area contributed by atoms with Crippen LogP contribution in [0.2, 0.25) is 0 Å². The summed E-state index contributed by atoms with van der Waals surface area (Å²) in [4.78, 5) is 27.2. The maximum Gasteiger partial charge on any atom is 0.351 e. The van der Waals surface area contributed by atoms with Gasteiger partial charge in [0.1, 0.15) is 0 Å². The Labute approximate surface area is 93.8 Å². The first-order chi connectivity index (χ1) is 7.65. The smallest absolute Gasteiger partial charge is 0.307 e. The first kappa shape index (κ1) is 11.9. The molecule has 1 N–H and O–H groups in total. The van der Waals surface area contributed by atoms with Crippen molar-refractivity contribution in [2.45, 2.75) is 6.92 Å². The fourth-order valence-electron chi connectivity index (χ4n) is 1.01. The van der Waals surface area contributed by atoms with E-state index in [4.69, 9.17) is 0 Å². The second-order valence-corrected chi connectivity index (χ2v) is 3.03. The van der Waals surface area contributed by atoms with Crippen molar-refractivity contribution in [1.82, 2.24) is 4.90 Å². The number of amides is 4. The summed E-state index contributed by atoms with van der Waals surface area (Å²) in [6, 6.07) is 7.78. The van der Waals surface area contributed by atoms with Crippen LogP contribution in [0.25, 0.3) is 0 Å². The van der Waals surface area contributed by atoms with Gasteiger partial charge in [0.15, 0.2) is 0 Å². The lowest BCUT2D eigenvalue weighted by atomic mass is 10.3. The van der Waals surface area contributed by atoms with Crippen LogP contribution in [-0.4, -0.2) is 30.2 Å². The minimum absolute atomic E-state index is 0.512. The number of nitrogens with zero attached hydrogens (tertiary/aromatic N) is 2. The average Bonchev–Trinajstić information content (AvgIpc) is 2.29. The molecule has 84 valence electrons. The number of hydrogen-bond donors (Lipinski definition) is 1. The SMILES string of the molecule is CC=NC(=O)N(C)C(=O)Nc1ccccc1. The predicted octanol–water partition coefficient (Wildman–Crippen LogP) is 2.36. The number of hydrogen-bond acceptors (Lipinski definition) is 2. The molecule has 0 aromatic heterocycles. The van der Waals surface area contributed by atoms with Crippen molar-refractivity contribution in [3.8, 4) is 0 Å². The Hall–Kier alpha value is -2.17. The molecule has 0 fully saturated rings. The first-order valence-corrected chi connectivity index (χ1v) is 4.77. The number of carbonyl (C=O) groups excluding carboxylic acids is 2. The van der Waals surface area contributed by atoms with E-state index < -0.39 is 12.1 Å². The van der Waals surface area contributed by atoms with E-state index in [9.17, 15) is 9.59 Å². The molecule has 0 saturated heterocycles. The van der Waals surface area contributed by atoms with E-state index in [2.05, 4.69) is 10.3 Å². The van der Waals surface area contributed by atoms with Crippen molar-refractivity contribution < 1.29 is 9.59 Å². The Morgan fingerprint density at radius 3 is 2.50 bits per heavy atom. The van der Waals surface area contributed by atoms with Crippen molar-refractivity contribution in [3.63, 3.8) is 0 Å². The Balaban J connectivity index is 2.63. The number of benzene rings is 1. The van der Waals surface area contributed by atoms with Crippen LogP contribution < -0.4 is 5.32 Å². The molecule has 1 aromatic rings.